The van der Waals surface area contributed by atoms with Crippen LogP contribution in [0, 0.1) is 11.6 Å². The highest BCUT2D eigenvalue weighted by molar-refractivity contribution is 7.92. The number of hydrogen-bond donors (Lipinski definition) is 0. The average Bonchev–Trinajstić information content (AvgIpc) is 3.03. The minimum atomic E-state index is -4.02. The molecule has 1 aromatic heterocycles. The quantitative estimate of drug-likeness (QED) is 0.511. The number of benzene rings is 2. The molecule has 0 saturated heterocycles. The normalized spacial score (nSPS) is 12.2. The van der Waals surface area contributed by atoms with Gasteiger partial charge in [-0.15, -0.1) is 0 Å². The molecule has 3 aromatic rings. The zero-order valence-electron chi connectivity index (χ0n) is 16.3. The van der Waals surface area contributed by atoms with Gasteiger partial charge in [0.15, 0.2) is 20.5 Å². The highest BCUT2D eigenvalue weighted by Crippen LogP contribution is 2.22. The van der Waals surface area contributed by atoms with Crippen LogP contribution >= 0.6 is 11.3 Å². The molecule has 1 heterocycles. The maximum atomic E-state index is 14.3. The first-order valence-electron chi connectivity index (χ1n) is 8.64. The molecule has 0 radical (unpaired) electrons. The number of rotatable bonds is 6. The molecule has 0 aliphatic carbocycles. The third-order valence-electron chi connectivity index (χ3n) is 4.16. The summed E-state index contributed by atoms with van der Waals surface area (Å²) in [6.45, 7) is -0.504. The fourth-order valence-electron chi connectivity index (χ4n) is 2.72. The highest BCUT2D eigenvalue weighted by Gasteiger charge is 2.21. The topological polar surface area (TPSA) is 104 Å². The van der Waals surface area contributed by atoms with E-state index in [-0.39, 0.29) is 19.9 Å². The molecule has 0 aliphatic rings. The second-order valence-electron chi connectivity index (χ2n) is 6.22. The molecular weight excluding hydrogens is 454 g/mol. The van der Waals surface area contributed by atoms with Crippen molar-refractivity contribution in [1.82, 2.24) is 4.57 Å². The number of hydrogen-bond acceptors (Lipinski definition) is 7. The van der Waals surface area contributed by atoms with E-state index < -0.39 is 45.6 Å². The first kappa shape index (κ1) is 22.6. The van der Waals surface area contributed by atoms with Gasteiger partial charge in [0.05, 0.1) is 29.3 Å². The first-order chi connectivity index (χ1) is 14.6. The van der Waals surface area contributed by atoms with Gasteiger partial charge in [0, 0.05) is 6.07 Å². The molecule has 0 atom stereocenters. The number of methoxy groups -OCH3 is 2. The van der Waals surface area contributed by atoms with E-state index >= 15 is 0 Å². The number of carbonyl (C=O) groups is 2. The van der Waals surface area contributed by atoms with Crippen LogP contribution in [-0.4, -0.2) is 44.8 Å². The molecule has 0 aliphatic heterocycles. The van der Waals surface area contributed by atoms with Crippen LogP contribution in [0.3, 0.4) is 0 Å². The van der Waals surface area contributed by atoms with E-state index in [1.165, 1.54) is 31.4 Å². The van der Waals surface area contributed by atoms with Crippen molar-refractivity contribution < 1.29 is 36.3 Å². The van der Waals surface area contributed by atoms with Crippen LogP contribution in [0.5, 0.6) is 5.75 Å². The Hall–Kier alpha value is -3.12. The number of thiazole rings is 1. The Balaban J connectivity index is 2.02. The van der Waals surface area contributed by atoms with Crippen molar-refractivity contribution in [2.24, 2.45) is 4.99 Å². The fourth-order valence-corrected chi connectivity index (χ4v) is 4.92. The van der Waals surface area contributed by atoms with E-state index in [2.05, 4.69) is 9.73 Å². The summed E-state index contributed by atoms with van der Waals surface area (Å²) in [5, 5.41) is 0. The number of nitrogens with zero attached hydrogens (tertiary/aromatic N) is 2. The molecule has 3 rings (SSSR count). The van der Waals surface area contributed by atoms with Crippen molar-refractivity contribution in [2.45, 2.75) is 11.4 Å². The number of aromatic nitrogens is 1. The molecule has 0 saturated carbocycles. The highest BCUT2D eigenvalue weighted by atomic mass is 32.2. The number of esters is 1. The SMILES string of the molecule is COC(=O)Cn1c(=NC(=O)CS(=O)(=O)c2ccc(OC)cc2)sc2cc(F)cc(F)c21. The first-order valence-corrected chi connectivity index (χ1v) is 11.1. The lowest BCUT2D eigenvalue weighted by Crippen LogP contribution is -2.24. The van der Waals surface area contributed by atoms with Gasteiger partial charge < -0.3 is 14.0 Å². The third-order valence-corrected chi connectivity index (χ3v) is 6.81. The molecule has 0 N–H and O–H groups in total. The summed E-state index contributed by atoms with van der Waals surface area (Å²) in [6, 6.07) is 7.09. The van der Waals surface area contributed by atoms with Crippen LogP contribution in [0.15, 0.2) is 46.3 Å². The number of amides is 1. The van der Waals surface area contributed by atoms with Crippen LogP contribution in [0.1, 0.15) is 0 Å². The molecule has 2 aromatic carbocycles. The molecule has 0 unspecified atom stereocenters. The monoisotopic (exact) mass is 470 g/mol. The van der Waals surface area contributed by atoms with Gasteiger partial charge in [-0.2, -0.15) is 4.99 Å². The van der Waals surface area contributed by atoms with E-state index in [1.54, 1.807) is 0 Å². The maximum Gasteiger partial charge on any atom is 0.325 e. The van der Waals surface area contributed by atoms with Gasteiger partial charge in [-0.05, 0) is 30.3 Å². The summed E-state index contributed by atoms with van der Waals surface area (Å²) >= 11 is 0.736. The zero-order valence-corrected chi connectivity index (χ0v) is 17.9. The van der Waals surface area contributed by atoms with E-state index in [9.17, 15) is 26.8 Å². The minimum absolute atomic E-state index is 0.0889. The van der Waals surface area contributed by atoms with Gasteiger partial charge in [0.25, 0.3) is 5.91 Å². The number of sulfone groups is 1. The van der Waals surface area contributed by atoms with Gasteiger partial charge in [-0.25, -0.2) is 17.2 Å². The number of ether oxygens (including phenoxy) is 2. The Kier molecular flexibility index (Phi) is 6.51. The van der Waals surface area contributed by atoms with E-state index in [4.69, 9.17) is 4.74 Å². The molecule has 0 spiro atoms. The molecular formula is C19H16F2N2O6S2. The van der Waals surface area contributed by atoms with Crippen molar-refractivity contribution in [2.75, 3.05) is 20.0 Å². The third kappa shape index (κ3) is 4.97. The lowest BCUT2D eigenvalue weighted by Gasteiger charge is -2.05. The van der Waals surface area contributed by atoms with Crippen LogP contribution in [0.2, 0.25) is 0 Å². The summed E-state index contributed by atoms with van der Waals surface area (Å²) in [6.07, 6.45) is 0. The summed E-state index contributed by atoms with van der Waals surface area (Å²) in [5.74, 6) is -4.13. The molecule has 31 heavy (non-hydrogen) atoms. The van der Waals surface area contributed by atoms with Crippen LogP contribution in [0.25, 0.3) is 10.2 Å². The van der Waals surface area contributed by atoms with E-state index in [0.29, 0.717) is 11.8 Å². The maximum absolute atomic E-state index is 14.3. The Labute approximate surface area is 179 Å². The van der Waals surface area contributed by atoms with Crippen molar-refractivity contribution in [3.05, 3.63) is 52.8 Å². The zero-order chi connectivity index (χ0) is 22.8. The smallest absolute Gasteiger partial charge is 0.325 e. The molecule has 164 valence electrons. The number of halogens is 2. The summed E-state index contributed by atoms with van der Waals surface area (Å²) in [4.78, 5) is 27.6. The Morgan fingerprint density at radius 1 is 1.13 bits per heavy atom. The standard InChI is InChI=1S/C19H16F2N2O6S2/c1-28-12-3-5-13(6-4-12)31(26,27)10-16(24)22-19-23(9-17(25)29-2)18-14(21)7-11(20)8-15(18)30-19/h3-8H,9-10H2,1-2H3. The van der Waals surface area contributed by atoms with Crippen molar-refractivity contribution in [3.8, 4) is 5.75 Å². The minimum Gasteiger partial charge on any atom is -0.497 e. The summed E-state index contributed by atoms with van der Waals surface area (Å²) in [5.41, 5.74) is -0.152. The predicted octanol–water partition coefficient (Wildman–Crippen LogP) is 2.06. The summed E-state index contributed by atoms with van der Waals surface area (Å²) < 4.78 is 63.6. The van der Waals surface area contributed by atoms with Gasteiger partial charge in [0.2, 0.25) is 0 Å². The summed E-state index contributed by atoms with van der Waals surface area (Å²) in [7, 11) is -1.47. The molecule has 0 fully saturated rings. The average molecular weight is 470 g/mol. The van der Waals surface area contributed by atoms with Crippen LogP contribution < -0.4 is 9.54 Å². The lowest BCUT2D eigenvalue weighted by molar-refractivity contribution is -0.141. The second kappa shape index (κ2) is 8.94. The fraction of sp³-hybridized carbons (Fsp3) is 0.211. The number of carbonyl (C=O) groups excluding carboxylic acids is 2. The van der Waals surface area contributed by atoms with E-state index in [1.807, 2.05) is 0 Å². The number of fused-ring (bicyclic) bond motifs is 1. The molecule has 12 heteroatoms. The van der Waals surface area contributed by atoms with Gasteiger partial charge in [-0.1, -0.05) is 11.3 Å². The van der Waals surface area contributed by atoms with Crippen LogP contribution in [-0.2, 0) is 30.7 Å². The Morgan fingerprint density at radius 3 is 2.42 bits per heavy atom. The van der Waals surface area contributed by atoms with Crippen molar-refractivity contribution >= 4 is 43.3 Å². The Morgan fingerprint density at radius 2 is 1.81 bits per heavy atom. The van der Waals surface area contributed by atoms with Crippen molar-refractivity contribution in [3.63, 3.8) is 0 Å². The molecule has 8 nitrogen and oxygen atoms in total. The van der Waals surface area contributed by atoms with Gasteiger partial charge >= 0.3 is 5.97 Å². The largest absolute Gasteiger partial charge is 0.497 e. The Bertz CT molecular complexity index is 1330. The lowest BCUT2D eigenvalue weighted by atomic mass is 10.3. The second-order valence-corrected chi connectivity index (χ2v) is 9.22. The van der Waals surface area contributed by atoms with Crippen LogP contribution in [0.4, 0.5) is 8.78 Å². The van der Waals surface area contributed by atoms with Crippen molar-refractivity contribution in [1.29, 1.82) is 0 Å². The molecule has 0 bridgehead atoms. The van der Waals surface area contributed by atoms with E-state index in [0.717, 1.165) is 29.1 Å². The van der Waals surface area contributed by atoms with Gasteiger partial charge in [-0.3, -0.25) is 9.59 Å². The van der Waals surface area contributed by atoms with Gasteiger partial charge in [0.1, 0.15) is 23.9 Å². The molecule has 1 amide bonds. The predicted molar refractivity (Wildman–Crippen MR) is 107 cm³/mol.